The molecule has 0 aliphatic carbocycles. The Morgan fingerprint density at radius 3 is 2.67 bits per heavy atom. The fraction of sp³-hybridized carbons (Fsp3) is 0.364. The molecule has 96 valence electrons. The normalized spacial score (nSPS) is 10.7. The molecule has 2 N–H and O–H groups in total. The zero-order chi connectivity index (χ0) is 13.3. The molecule has 0 amide bonds. The number of nitrogens with zero attached hydrogens (tertiary/aromatic N) is 4. The largest absolute Gasteiger partial charge is 0.476 e. The molecule has 18 heavy (non-hydrogen) atoms. The third-order valence-corrected chi connectivity index (χ3v) is 3.06. The third kappa shape index (κ3) is 1.99. The van der Waals surface area contributed by atoms with Gasteiger partial charge < -0.3 is 10.5 Å². The molecule has 0 aliphatic heterocycles. The van der Waals surface area contributed by atoms with Crippen molar-refractivity contribution in [3.63, 3.8) is 0 Å². The van der Waals surface area contributed by atoms with Crippen molar-refractivity contribution in [2.45, 2.75) is 20.8 Å². The Morgan fingerprint density at radius 1 is 1.39 bits per heavy atom. The quantitative estimate of drug-likeness (QED) is 0.919. The van der Waals surface area contributed by atoms with Crippen LogP contribution in [-0.4, -0.2) is 26.4 Å². The minimum Gasteiger partial charge on any atom is -0.476 e. The van der Waals surface area contributed by atoms with Crippen molar-refractivity contribution in [2.24, 2.45) is 0 Å². The van der Waals surface area contributed by atoms with Crippen molar-refractivity contribution in [3.05, 3.63) is 22.7 Å². The highest BCUT2D eigenvalue weighted by molar-refractivity contribution is 6.31. The molecule has 2 aromatic heterocycles. The van der Waals surface area contributed by atoms with Crippen LogP contribution in [0.1, 0.15) is 18.3 Å². The van der Waals surface area contributed by atoms with Gasteiger partial charge in [0.15, 0.2) is 5.82 Å². The SMILES string of the molecule is CCOc1ncnc(-n2nc(C)c(Cl)c2C)c1N. The van der Waals surface area contributed by atoms with Crippen LogP contribution in [0.25, 0.3) is 5.82 Å². The van der Waals surface area contributed by atoms with Gasteiger partial charge >= 0.3 is 0 Å². The number of aromatic nitrogens is 4. The summed E-state index contributed by atoms with van der Waals surface area (Å²) < 4.78 is 6.92. The first-order valence-electron chi connectivity index (χ1n) is 5.51. The van der Waals surface area contributed by atoms with Gasteiger partial charge in [0.05, 0.1) is 23.0 Å². The summed E-state index contributed by atoms with van der Waals surface area (Å²) >= 11 is 6.10. The monoisotopic (exact) mass is 267 g/mol. The highest BCUT2D eigenvalue weighted by Crippen LogP contribution is 2.27. The Labute approximate surface area is 110 Å². The van der Waals surface area contributed by atoms with E-state index in [2.05, 4.69) is 15.1 Å². The Bertz CT molecular complexity index is 581. The summed E-state index contributed by atoms with van der Waals surface area (Å²) in [5.74, 6) is 0.826. The number of anilines is 1. The van der Waals surface area contributed by atoms with Crippen molar-refractivity contribution in [1.82, 2.24) is 19.7 Å². The number of nitrogen functional groups attached to an aromatic ring is 1. The smallest absolute Gasteiger partial charge is 0.242 e. The van der Waals surface area contributed by atoms with E-state index < -0.39 is 0 Å². The van der Waals surface area contributed by atoms with Gasteiger partial charge in [-0.15, -0.1) is 0 Å². The maximum absolute atomic E-state index is 6.10. The van der Waals surface area contributed by atoms with E-state index in [1.54, 1.807) is 4.68 Å². The number of halogens is 1. The van der Waals surface area contributed by atoms with Crippen LogP contribution in [0.15, 0.2) is 6.33 Å². The van der Waals surface area contributed by atoms with Crippen LogP contribution in [0.4, 0.5) is 5.69 Å². The van der Waals surface area contributed by atoms with Crippen molar-refractivity contribution in [3.8, 4) is 11.7 Å². The molecule has 0 aliphatic rings. The molecule has 0 radical (unpaired) electrons. The van der Waals surface area contributed by atoms with Crippen LogP contribution in [-0.2, 0) is 0 Å². The Morgan fingerprint density at radius 2 is 2.11 bits per heavy atom. The first-order chi connectivity index (χ1) is 8.56. The summed E-state index contributed by atoms with van der Waals surface area (Å²) in [6.45, 7) is 6.02. The topological polar surface area (TPSA) is 78.9 Å². The first kappa shape index (κ1) is 12.6. The van der Waals surface area contributed by atoms with Crippen molar-refractivity contribution in [2.75, 3.05) is 12.3 Å². The van der Waals surface area contributed by atoms with E-state index >= 15 is 0 Å². The summed E-state index contributed by atoms with van der Waals surface area (Å²) in [5.41, 5.74) is 7.83. The minimum absolute atomic E-state index is 0.349. The molecule has 6 nitrogen and oxygen atoms in total. The second-order valence-corrected chi connectivity index (χ2v) is 4.12. The van der Waals surface area contributed by atoms with Gasteiger partial charge in [-0.3, -0.25) is 0 Å². The lowest BCUT2D eigenvalue weighted by Crippen LogP contribution is -2.09. The predicted molar refractivity (Wildman–Crippen MR) is 69.2 cm³/mol. The van der Waals surface area contributed by atoms with Gasteiger partial charge in [-0.25, -0.2) is 9.67 Å². The summed E-state index contributed by atoms with van der Waals surface area (Å²) in [6.07, 6.45) is 1.39. The molecular formula is C11H14ClN5O. The maximum Gasteiger partial charge on any atom is 0.242 e. The second kappa shape index (κ2) is 4.81. The number of aryl methyl sites for hydroxylation is 1. The highest BCUT2D eigenvalue weighted by Gasteiger charge is 2.16. The molecule has 0 atom stereocenters. The molecule has 2 heterocycles. The van der Waals surface area contributed by atoms with Gasteiger partial charge in [-0.05, 0) is 20.8 Å². The molecule has 0 aromatic carbocycles. The van der Waals surface area contributed by atoms with Crippen LogP contribution in [0.5, 0.6) is 5.88 Å². The maximum atomic E-state index is 6.10. The van der Waals surface area contributed by atoms with E-state index in [4.69, 9.17) is 22.1 Å². The number of hydrogen-bond donors (Lipinski definition) is 1. The van der Waals surface area contributed by atoms with Gasteiger partial charge in [-0.2, -0.15) is 10.1 Å². The molecule has 7 heteroatoms. The fourth-order valence-corrected chi connectivity index (χ4v) is 1.74. The van der Waals surface area contributed by atoms with Gasteiger partial charge in [0.2, 0.25) is 5.88 Å². The molecule has 0 bridgehead atoms. The van der Waals surface area contributed by atoms with Gasteiger partial charge in [0.1, 0.15) is 12.0 Å². The van der Waals surface area contributed by atoms with Crippen LogP contribution in [0, 0.1) is 13.8 Å². The van der Waals surface area contributed by atoms with Crippen molar-refractivity contribution >= 4 is 17.3 Å². The number of nitrogens with two attached hydrogens (primary N) is 1. The Balaban J connectivity index is 2.57. The molecule has 0 spiro atoms. The van der Waals surface area contributed by atoms with Crippen molar-refractivity contribution in [1.29, 1.82) is 0 Å². The molecule has 0 saturated carbocycles. The van der Waals surface area contributed by atoms with Crippen LogP contribution < -0.4 is 10.5 Å². The fourth-order valence-electron chi connectivity index (χ4n) is 1.62. The zero-order valence-electron chi connectivity index (χ0n) is 10.4. The van der Waals surface area contributed by atoms with Crippen LogP contribution in [0.2, 0.25) is 5.02 Å². The Hall–Kier alpha value is -1.82. The third-order valence-electron chi connectivity index (χ3n) is 2.51. The van der Waals surface area contributed by atoms with E-state index in [1.807, 2.05) is 20.8 Å². The lowest BCUT2D eigenvalue weighted by Gasteiger charge is -2.10. The first-order valence-corrected chi connectivity index (χ1v) is 5.89. The predicted octanol–water partition coefficient (Wildman–Crippen LogP) is 1.91. The lowest BCUT2D eigenvalue weighted by atomic mass is 10.4. The summed E-state index contributed by atoms with van der Waals surface area (Å²) in [4.78, 5) is 8.11. The van der Waals surface area contributed by atoms with E-state index in [0.717, 1.165) is 11.4 Å². The average molecular weight is 268 g/mol. The summed E-state index contributed by atoms with van der Waals surface area (Å²) in [7, 11) is 0. The second-order valence-electron chi connectivity index (χ2n) is 3.75. The molecule has 2 aromatic rings. The standard InChI is InChI=1S/C11H14ClN5O/c1-4-18-11-9(13)10(14-5-15-11)17-7(3)8(12)6(2)16-17/h5H,4,13H2,1-3H3. The van der Waals surface area contributed by atoms with Crippen LogP contribution >= 0.6 is 11.6 Å². The number of hydrogen-bond acceptors (Lipinski definition) is 5. The van der Waals surface area contributed by atoms with Crippen LogP contribution in [0.3, 0.4) is 0 Å². The van der Waals surface area contributed by atoms with E-state index in [-0.39, 0.29) is 0 Å². The molecule has 0 saturated heterocycles. The Kier molecular flexibility index (Phi) is 3.38. The minimum atomic E-state index is 0.349. The zero-order valence-corrected chi connectivity index (χ0v) is 11.2. The average Bonchev–Trinajstić information content (AvgIpc) is 2.60. The highest BCUT2D eigenvalue weighted by atomic mass is 35.5. The van der Waals surface area contributed by atoms with Gasteiger partial charge in [0.25, 0.3) is 0 Å². The number of ether oxygens (including phenoxy) is 1. The summed E-state index contributed by atoms with van der Waals surface area (Å²) in [5, 5.41) is 4.90. The lowest BCUT2D eigenvalue weighted by molar-refractivity contribution is 0.328. The molecular weight excluding hydrogens is 254 g/mol. The summed E-state index contributed by atoms with van der Waals surface area (Å²) in [6, 6.07) is 0. The van der Waals surface area contributed by atoms with E-state index in [0.29, 0.717) is 29.0 Å². The number of rotatable bonds is 3. The molecule has 2 rings (SSSR count). The molecule has 0 unspecified atom stereocenters. The van der Waals surface area contributed by atoms with E-state index in [9.17, 15) is 0 Å². The van der Waals surface area contributed by atoms with E-state index in [1.165, 1.54) is 6.33 Å². The van der Waals surface area contributed by atoms with Crippen molar-refractivity contribution < 1.29 is 4.74 Å². The van der Waals surface area contributed by atoms with Gasteiger partial charge in [-0.1, -0.05) is 11.6 Å². The molecule has 0 fully saturated rings. The van der Waals surface area contributed by atoms with Gasteiger partial charge in [0, 0.05) is 0 Å².